The van der Waals surface area contributed by atoms with Gasteiger partial charge in [0, 0.05) is 29.9 Å². The Labute approximate surface area is 152 Å². The van der Waals surface area contributed by atoms with Crippen molar-refractivity contribution in [3.63, 3.8) is 0 Å². The number of rotatable bonds is 4. The Morgan fingerprint density at radius 2 is 1.58 bits per heavy atom. The van der Waals surface area contributed by atoms with Gasteiger partial charge in [0.2, 0.25) is 0 Å². The van der Waals surface area contributed by atoms with Gasteiger partial charge in [0.25, 0.3) is 0 Å². The zero-order valence-electron chi connectivity index (χ0n) is 14.5. The van der Waals surface area contributed by atoms with Crippen LogP contribution in [0.15, 0.2) is 78.9 Å². The minimum absolute atomic E-state index is 0.0688. The van der Waals surface area contributed by atoms with Crippen LogP contribution in [0.2, 0.25) is 0 Å². The number of quaternary nitrogens is 1. The fraction of sp³-hybridized carbons (Fsp3) is 0.136. The number of amides is 1. The lowest BCUT2D eigenvalue weighted by atomic mass is 9.83. The Bertz CT molecular complexity index is 1000. The quantitative estimate of drug-likeness (QED) is 0.544. The van der Waals surface area contributed by atoms with Gasteiger partial charge in [-0.25, -0.2) is 10.2 Å². The van der Waals surface area contributed by atoms with Crippen LogP contribution in [0.3, 0.4) is 0 Å². The fourth-order valence-corrected chi connectivity index (χ4v) is 4.48. The van der Waals surface area contributed by atoms with Crippen LogP contribution in [0.5, 0.6) is 0 Å². The van der Waals surface area contributed by atoms with Crippen molar-refractivity contribution in [3.05, 3.63) is 90.0 Å². The molecule has 4 heteroatoms. The average Bonchev–Trinajstić information content (AvgIpc) is 3.13. The molecule has 0 aliphatic carbocycles. The van der Waals surface area contributed by atoms with Crippen molar-refractivity contribution in [2.24, 2.45) is 0 Å². The molecule has 1 amide bonds. The van der Waals surface area contributed by atoms with Crippen LogP contribution >= 0.6 is 0 Å². The molecule has 2 heterocycles. The molecular formula is C22H20N3O+. The Balaban J connectivity index is 1.66. The van der Waals surface area contributed by atoms with Crippen molar-refractivity contribution in [2.75, 3.05) is 17.8 Å². The third kappa shape index (κ3) is 1.85. The average molecular weight is 342 g/mol. The summed E-state index contributed by atoms with van der Waals surface area (Å²) in [6, 6.07) is 26.7. The molecule has 1 fully saturated rings. The predicted octanol–water partition coefficient (Wildman–Crippen LogP) is 4.44. The second-order valence-electron chi connectivity index (χ2n) is 6.90. The van der Waals surface area contributed by atoms with E-state index in [0.717, 1.165) is 22.6 Å². The van der Waals surface area contributed by atoms with Crippen molar-refractivity contribution in [1.82, 2.24) is 4.59 Å². The van der Waals surface area contributed by atoms with E-state index in [2.05, 4.69) is 35.0 Å². The van der Waals surface area contributed by atoms with E-state index in [9.17, 15) is 4.79 Å². The van der Waals surface area contributed by atoms with Gasteiger partial charge in [-0.05, 0) is 18.2 Å². The van der Waals surface area contributed by atoms with Crippen LogP contribution in [0.1, 0.15) is 23.1 Å². The number of carbonyl (C=O) groups is 1. The summed E-state index contributed by atoms with van der Waals surface area (Å²) in [5.41, 5.74) is 8.90. The number of hydrogen-bond donors (Lipinski definition) is 2. The molecule has 128 valence electrons. The van der Waals surface area contributed by atoms with Crippen LogP contribution in [0.25, 0.3) is 0 Å². The van der Waals surface area contributed by atoms with Crippen molar-refractivity contribution in [1.29, 1.82) is 0 Å². The van der Waals surface area contributed by atoms with Crippen LogP contribution < -0.4 is 15.3 Å². The maximum atomic E-state index is 13.2. The molecule has 3 atom stereocenters. The molecule has 26 heavy (non-hydrogen) atoms. The normalized spacial score (nSPS) is 25.3. The molecule has 3 unspecified atom stereocenters. The molecule has 0 spiro atoms. The van der Waals surface area contributed by atoms with E-state index >= 15 is 0 Å². The first-order valence-electron chi connectivity index (χ1n) is 8.89. The number of fused-ring (bicyclic) bond motifs is 5. The van der Waals surface area contributed by atoms with Gasteiger partial charge in [0.15, 0.2) is 17.6 Å². The van der Waals surface area contributed by atoms with Crippen molar-refractivity contribution >= 4 is 23.0 Å². The Kier molecular flexibility index (Phi) is 3.18. The summed E-state index contributed by atoms with van der Waals surface area (Å²) in [7, 11) is 1.90. The Morgan fingerprint density at radius 3 is 2.38 bits per heavy atom. The van der Waals surface area contributed by atoms with E-state index in [1.165, 1.54) is 5.56 Å². The first-order valence-corrected chi connectivity index (χ1v) is 8.89. The summed E-state index contributed by atoms with van der Waals surface area (Å²) in [5.74, 6) is 0.142. The minimum Gasteiger partial charge on any atom is -0.388 e. The standard InChI is InChI=1S/C22H20N3O/c1-23-16-10-7-11-17(14-16)24-25-19-13-6-5-12-18(19)20(22(25)26)21(25)15-8-3-2-4-9-15/h2-14,20-21,23-24H,1H3/q+1. The third-order valence-electron chi connectivity index (χ3n) is 5.60. The molecule has 2 aliphatic rings. The van der Waals surface area contributed by atoms with Gasteiger partial charge in [-0.2, -0.15) is 0 Å². The van der Waals surface area contributed by atoms with Crippen molar-refractivity contribution in [2.45, 2.75) is 12.0 Å². The lowest BCUT2D eigenvalue weighted by Gasteiger charge is -2.45. The summed E-state index contributed by atoms with van der Waals surface area (Å²) in [5, 5.41) is 3.16. The van der Waals surface area contributed by atoms with E-state index in [-0.39, 0.29) is 22.5 Å². The molecule has 5 rings (SSSR count). The van der Waals surface area contributed by atoms with Crippen LogP contribution in [-0.4, -0.2) is 13.0 Å². The SMILES string of the molecule is CNc1cccc(N[N+]23C(=O)C(c4ccccc42)C3c2ccccc2)c1. The number of β-lactam (4-membered cyclic amide) rings is 1. The maximum Gasteiger partial charge on any atom is 0.357 e. The number of benzene rings is 3. The number of nitrogens with one attached hydrogen (secondary N) is 2. The monoisotopic (exact) mass is 342 g/mol. The molecule has 0 aromatic heterocycles. The Hall–Kier alpha value is -3.11. The van der Waals surface area contributed by atoms with Gasteiger partial charge < -0.3 is 5.32 Å². The van der Waals surface area contributed by atoms with E-state index in [0.29, 0.717) is 0 Å². The smallest absolute Gasteiger partial charge is 0.357 e. The van der Waals surface area contributed by atoms with Crippen LogP contribution in [-0.2, 0) is 4.79 Å². The highest BCUT2D eigenvalue weighted by Gasteiger charge is 2.74. The van der Waals surface area contributed by atoms with Gasteiger partial charge in [-0.15, -0.1) is 4.59 Å². The molecule has 2 N–H and O–H groups in total. The lowest BCUT2D eigenvalue weighted by Crippen LogP contribution is -2.68. The molecule has 0 saturated carbocycles. The first-order chi connectivity index (χ1) is 12.8. The largest absolute Gasteiger partial charge is 0.388 e. The molecule has 3 aromatic rings. The predicted molar refractivity (Wildman–Crippen MR) is 105 cm³/mol. The molecule has 0 radical (unpaired) electrons. The number of para-hydroxylation sites is 1. The highest BCUT2D eigenvalue weighted by atomic mass is 16.2. The summed E-state index contributed by atoms with van der Waals surface area (Å²) in [4.78, 5) is 13.2. The Morgan fingerprint density at radius 1 is 0.846 bits per heavy atom. The summed E-state index contributed by atoms with van der Waals surface area (Å²) >= 11 is 0. The zero-order valence-corrected chi connectivity index (χ0v) is 14.5. The van der Waals surface area contributed by atoms with E-state index < -0.39 is 0 Å². The number of carbonyl (C=O) groups excluding carboxylic acids is 1. The summed E-state index contributed by atoms with van der Waals surface area (Å²) in [6.07, 6.45) is 0. The number of anilines is 2. The van der Waals surface area contributed by atoms with Crippen LogP contribution in [0.4, 0.5) is 17.1 Å². The van der Waals surface area contributed by atoms with E-state index in [1.54, 1.807) is 0 Å². The fourth-order valence-electron chi connectivity index (χ4n) is 4.48. The maximum absolute atomic E-state index is 13.2. The van der Waals surface area contributed by atoms with Gasteiger partial charge in [-0.3, -0.25) is 0 Å². The van der Waals surface area contributed by atoms with Gasteiger partial charge in [-0.1, -0.05) is 54.6 Å². The van der Waals surface area contributed by atoms with Crippen molar-refractivity contribution in [3.8, 4) is 0 Å². The first kappa shape index (κ1) is 15.2. The summed E-state index contributed by atoms with van der Waals surface area (Å²) < 4.78 is 0.165. The summed E-state index contributed by atoms with van der Waals surface area (Å²) in [6.45, 7) is 0. The molecule has 4 nitrogen and oxygen atoms in total. The number of nitrogens with zero attached hydrogens (tertiary/aromatic N) is 1. The second-order valence-corrected chi connectivity index (χ2v) is 6.90. The molecule has 1 saturated heterocycles. The number of hydrogen-bond acceptors (Lipinski definition) is 3. The molecule has 3 aromatic carbocycles. The minimum atomic E-state index is -0.0754. The highest BCUT2D eigenvalue weighted by Crippen LogP contribution is 2.63. The van der Waals surface area contributed by atoms with Gasteiger partial charge >= 0.3 is 5.91 Å². The topological polar surface area (TPSA) is 41.1 Å². The molecular weight excluding hydrogens is 322 g/mol. The lowest BCUT2D eigenvalue weighted by molar-refractivity contribution is -0.143. The highest BCUT2D eigenvalue weighted by molar-refractivity contribution is 6.09. The van der Waals surface area contributed by atoms with Crippen LogP contribution in [0, 0.1) is 0 Å². The molecule has 2 bridgehead atoms. The zero-order chi connectivity index (χ0) is 17.7. The second kappa shape index (κ2) is 5.44. The van der Waals surface area contributed by atoms with E-state index in [1.807, 2.05) is 61.6 Å². The van der Waals surface area contributed by atoms with Gasteiger partial charge in [0.1, 0.15) is 0 Å². The van der Waals surface area contributed by atoms with Gasteiger partial charge in [0.05, 0.1) is 5.69 Å². The van der Waals surface area contributed by atoms with Crippen molar-refractivity contribution < 1.29 is 4.79 Å². The third-order valence-corrected chi connectivity index (χ3v) is 5.60. The van der Waals surface area contributed by atoms with E-state index in [4.69, 9.17) is 0 Å². The molecule has 2 aliphatic heterocycles.